The summed E-state index contributed by atoms with van der Waals surface area (Å²) in [4.78, 5) is 7.06. The monoisotopic (exact) mass is 510 g/mol. The number of nitrogens with zero attached hydrogens (tertiary/aromatic N) is 5. The normalized spacial score (nSPS) is 16.6. The highest BCUT2D eigenvalue weighted by molar-refractivity contribution is 14.0. The summed E-state index contributed by atoms with van der Waals surface area (Å²) in [6, 6.07) is 10.3. The van der Waals surface area contributed by atoms with Crippen molar-refractivity contribution in [3.05, 3.63) is 60.2 Å². The SMILES string of the molecule is C=CCNC(=NCc1nnc(C)n1C)N1CCC(COCc2ccccc2)C1.I. The van der Waals surface area contributed by atoms with Crippen molar-refractivity contribution >= 4 is 29.9 Å². The summed E-state index contributed by atoms with van der Waals surface area (Å²) in [6.45, 7) is 10.3. The highest BCUT2D eigenvalue weighted by Crippen LogP contribution is 2.17. The fourth-order valence-corrected chi connectivity index (χ4v) is 3.24. The van der Waals surface area contributed by atoms with Gasteiger partial charge in [0.05, 0.1) is 13.2 Å². The third kappa shape index (κ3) is 6.81. The fourth-order valence-electron chi connectivity index (χ4n) is 3.24. The van der Waals surface area contributed by atoms with Crippen molar-refractivity contribution in [2.24, 2.45) is 18.0 Å². The Bertz CT molecular complexity index is 792. The molecule has 2 aromatic rings. The van der Waals surface area contributed by atoms with Crippen molar-refractivity contribution in [1.29, 1.82) is 0 Å². The van der Waals surface area contributed by atoms with Gasteiger partial charge in [-0.2, -0.15) is 0 Å². The number of aliphatic imine (C=N–C) groups is 1. The Kier molecular flexibility index (Phi) is 9.59. The molecule has 0 bridgehead atoms. The maximum Gasteiger partial charge on any atom is 0.194 e. The van der Waals surface area contributed by atoms with Gasteiger partial charge in [0.1, 0.15) is 12.4 Å². The number of benzene rings is 1. The molecular formula is C21H31IN6O. The van der Waals surface area contributed by atoms with Gasteiger partial charge in [0.2, 0.25) is 0 Å². The summed E-state index contributed by atoms with van der Waals surface area (Å²) in [5, 5.41) is 11.7. The van der Waals surface area contributed by atoms with E-state index in [2.05, 4.69) is 39.1 Å². The van der Waals surface area contributed by atoms with E-state index in [9.17, 15) is 0 Å². The Balaban J connectivity index is 0.00000300. The summed E-state index contributed by atoms with van der Waals surface area (Å²) in [5.41, 5.74) is 1.21. The van der Waals surface area contributed by atoms with Gasteiger partial charge in [0, 0.05) is 32.6 Å². The summed E-state index contributed by atoms with van der Waals surface area (Å²) in [6.07, 6.45) is 2.95. The molecule has 1 fully saturated rings. The number of guanidine groups is 1. The zero-order valence-corrected chi connectivity index (χ0v) is 19.6. The average Bonchev–Trinajstić information content (AvgIpc) is 3.31. The van der Waals surface area contributed by atoms with Crippen LogP contribution in [0.3, 0.4) is 0 Å². The van der Waals surface area contributed by atoms with Crippen LogP contribution in [0.25, 0.3) is 0 Å². The number of likely N-dealkylation sites (tertiary alicyclic amines) is 1. The molecule has 2 heterocycles. The second kappa shape index (κ2) is 11.9. The maximum absolute atomic E-state index is 5.94. The van der Waals surface area contributed by atoms with E-state index in [-0.39, 0.29) is 24.0 Å². The lowest BCUT2D eigenvalue weighted by molar-refractivity contribution is 0.0907. The smallest absolute Gasteiger partial charge is 0.194 e. The minimum absolute atomic E-state index is 0. The molecule has 0 aliphatic carbocycles. The molecular weight excluding hydrogens is 479 g/mol. The molecule has 7 nitrogen and oxygen atoms in total. The lowest BCUT2D eigenvalue weighted by Crippen LogP contribution is -2.40. The van der Waals surface area contributed by atoms with E-state index >= 15 is 0 Å². The Morgan fingerprint density at radius 2 is 2.14 bits per heavy atom. The first-order valence-corrected chi connectivity index (χ1v) is 9.78. The Morgan fingerprint density at radius 3 is 2.83 bits per heavy atom. The van der Waals surface area contributed by atoms with E-state index in [4.69, 9.17) is 9.73 Å². The standard InChI is InChI=1S/C21H30N6O.HI/c1-4-11-22-21(23-13-20-25-24-17(2)26(20)3)27-12-10-19(14-27)16-28-15-18-8-6-5-7-9-18;/h4-9,19H,1,10-16H2,2-3H3,(H,22,23);1H. The van der Waals surface area contributed by atoms with Crippen molar-refractivity contribution in [1.82, 2.24) is 25.0 Å². The third-order valence-corrected chi connectivity index (χ3v) is 5.01. The topological polar surface area (TPSA) is 67.6 Å². The number of aryl methyl sites for hydroxylation is 1. The molecule has 3 rings (SSSR count). The van der Waals surface area contributed by atoms with Crippen LogP contribution >= 0.6 is 24.0 Å². The molecule has 158 valence electrons. The number of rotatable bonds is 8. The summed E-state index contributed by atoms with van der Waals surface area (Å²) in [5.74, 6) is 3.16. The number of nitrogens with one attached hydrogen (secondary N) is 1. The molecule has 29 heavy (non-hydrogen) atoms. The molecule has 0 amide bonds. The second-order valence-electron chi connectivity index (χ2n) is 7.13. The molecule has 1 N–H and O–H groups in total. The molecule has 0 radical (unpaired) electrons. The zero-order valence-electron chi connectivity index (χ0n) is 17.3. The van der Waals surface area contributed by atoms with E-state index in [0.29, 0.717) is 25.6 Å². The van der Waals surface area contributed by atoms with Crippen LogP contribution in [-0.2, 0) is 24.9 Å². The van der Waals surface area contributed by atoms with Crippen LogP contribution in [0.5, 0.6) is 0 Å². The van der Waals surface area contributed by atoms with Gasteiger partial charge in [-0.1, -0.05) is 36.4 Å². The Hall–Kier alpha value is -1.94. The van der Waals surface area contributed by atoms with Gasteiger partial charge in [-0.25, -0.2) is 4.99 Å². The largest absolute Gasteiger partial charge is 0.376 e. The lowest BCUT2D eigenvalue weighted by Gasteiger charge is -2.21. The second-order valence-corrected chi connectivity index (χ2v) is 7.13. The quantitative estimate of drug-likeness (QED) is 0.256. The van der Waals surface area contributed by atoms with Crippen LogP contribution in [0.2, 0.25) is 0 Å². The van der Waals surface area contributed by atoms with E-state index in [1.807, 2.05) is 42.8 Å². The predicted octanol–water partition coefficient (Wildman–Crippen LogP) is 2.91. The minimum atomic E-state index is 0. The first-order valence-electron chi connectivity index (χ1n) is 9.78. The van der Waals surface area contributed by atoms with Gasteiger partial charge in [-0.3, -0.25) is 0 Å². The maximum atomic E-state index is 5.94. The molecule has 1 saturated heterocycles. The van der Waals surface area contributed by atoms with Gasteiger partial charge in [0.25, 0.3) is 0 Å². The number of hydrogen-bond donors (Lipinski definition) is 1. The van der Waals surface area contributed by atoms with E-state index < -0.39 is 0 Å². The van der Waals surface area contributed by atoms with E-state index in [1.54, 1.807) is 0 Å². The average molecular weight is 510 g/mol. The zero-order chi connectivity index (χ0) is 19.8. The fraction of sp³-hybridized carbons (Fsp3) is 0.476. The van der Waals surface area contributed by atoms with E-state index in [0.717, 1.165) is 43.7 Å². The highest BCUT2D eigenvalue weighted by Gasteiger charge is 2.25. The lowest BCUT2D eigenvalue weighted by atomic mass is 10.1. The van der Waals surface area contributed by atoms with Gasteiger partial charge < -0.3 is 19.5 Å². The van der Waals surface area contributed by atoms with Crippen molar-refractivity contribution in [3.63, 3.8) is 0 Å². The third-order valence-electron chi connectivity index (χ3n) is 5.01. The molecule has 1 aromatic heterocycles. The molecule has 1 atom stereocenters. The summed E-state index contributed by atoms with van der Waals surface area (Å²) < 4.78 is 7.91. The van der Waals surface area contributed by atoms with Gasteiger partial charge in [-0.05, 0) is 18.9 Å². The number of ether oxygens (including phenoxy) is 1. The number of halogens is 1. The molecule has 1 aromatic carbocycles. The van der Waals surface area contributed by atoms with Crippen LogP contribution in [-0.4, -0.2) is 51.9 Å². The first kappa shape index (κ1) is 23.3. The molecule has 1 aliphatic heterocycles. The predicted molar refractivity (Wildman–Crippen MR) is 126 cm³/mol. The molecule has 1 unspecified atom stereocenters. The van der Waals surface area contributed by atoms with Crippen LogP contribution in [0, 0.1) is 12.8 Å². The Labute approximate surface area is 190 Å². The van der Waals surface area contributed by atoms with E-state index in [1.165, 1.54) is 5.56 Å². The van der Waals surface area contributed by atoms with Crippen LogP contribution in [0.4, 0.5) is 0 Å². The van der Waals surface area contributed by atoms with Crippen LogP contribution in [0.15, 0.2) is 48.0 Å². The first-order chi connectivity index (χ1) is 13.7. The Morgan fingerprint density at radius 1 is 1.34 bits per heavy atom. The van der Waals surface area contributed by atoms with Gasteiger partial charge in [-0.15, -0.1) is 40.8 Å². The molecule has 1 aliphatic rings. The molecule has 0 saturated carbocycles. The van der Waals surface area contributed by atoms with Crippen molar-refractivity contribution in [2.75, 3.05) is 26.2 Å². The van der Waals surface area contributed by atoms with Gasteiger partial charge >= 0.3 is 0 Å². The van der Waals surface area contributed by atoms with Crippen LogP contribution in [0.1, 0.15) is 23.6 Å². The highest BCUT2D eigenvalue weighted by atomic mass is 127. The number of aromatic nitrogens is 3. The minimum Gasteiger partial charge on any atom is -0.376 e. The molecule has 8 heteroatoms. The summed E-state index contributed by atoms with van der Waals surface area (Å²) >= 11 is 0. The summed E-state index contributed by atoms with van der Waals surface area (Å²) in [7, 11) is 1.97. The van der Waals surface area contributed by atoms with Gasteiger partial charge in [0.15, 0.2) is 11.8 Å². The van der Waals surface area contributed by atoms with Crippen molar-refractivity contribution in [3.8, 4) is 0 Å². The van der Waals surface area contributed by atoms with Crippen LogP contribution < -0.4 is 5.32 Å². The molecule has 0 spiro atoms. The number of hydrogen-bond acceptors (Lipinski definition) is 4. The van der Waals surface area contributed by atoms with Crippen molar-refractivity contribution < 1.29 is 4.74 Å². The van der Waals surface area contributed by atoms with Crippen molar-refractivity contribution in [2.45, 2.75) is 26.5 Å².